The van der Waals surface area contributed by atoms with E-state index in [0.717, 1.165) is 12.2 Å². The van der Waals surface area contributed by atoms with Crippen molar-refractivity contribution < 1.29 is 9.59 Å². The molecule has 0 spiro atoms. The first kappa shape index (κ1) is 15.4. The number of ketones is 1. The molecule has 0 saturated carbocycles. The highest BCUT2D eigenvalue weighted by Gasteiger charge is 2.22. The summed E-state index contributed by atoms with van der Waals surface area (Å²) in [6.45, 7) is 3.58. The minimum absolute atomic E-state index is 0.0155. The SMILES string of the molecule is CC(=O)c1ccc(NC(=O)N2CCn3c(cc4ccccc43)C2)cc1. The van der Waals surface area contributed by atoms with Crippen molar-refractivity contribution in [2.75, 3.05) is 11.9 Å². The first-order valence-electron chi connectivity index (χ1n) is 8.36. The van der Waals surface area contributed by atoms with Gasteiger partial charge in [-0.25, -0.2) is 4.79 Å². The molecule has 2 amide bonds. The third-order valence-corrected chi connectivity index (χ3v) is 4.67. The Bertz CT molecular complexity index is 957. The van der Waals surface area contributed by atoms with Gasteiger partial charge in [0.15, 0.2) is 5.78 Å². The predicted molar refractivity (Wildman–Crippen MR) is 97.8 cm³/mol. The molecule has 1 N–H and O–H groups in total. The van der Waals surface area contributed by atoms with Crippen LogP contribution in [-0.4, -0.2) is 27.8 Å². The van der Waals surface area contributed by atoms with Gasteiger partial charge < -0.3 is 14.8 Å². The van der Waals surface area contributed by atoms with E-state index < -0.39 is 0 Å². The molecule has 0 unspecified atom stereocenters. The van der Waals surface area contributed by atoms with Gasteiger partial charge in [0, 0.05) is 35.6 Å². The van der Waals surface area contributed by atoms with Crippen LogP contribution < -0.4 is 5.32 Å². The van der Waals surface area contributed by atoms with E-state index in [9.17, 15) is 9.59 Å². The second-order valence-electron chi connectivity index (χ2n) is 6.33. The summed E-state index contributed by atoms with van der Waals surface area (Å²) in [7, 11) is 0. The van der Waals surface area contributed by atoms with Crippen LogP contribution >= 0.6 is 0 Å². The fourth-order valence-electron chi connectivity index (χ4n) is 3.32. The molecule has 1 aromatic heterocycles. The van der Waals surface area contributed by atoms with E-state index in [2.05, 4.69) is 28.1 Å². The molecule has 0 bridgehead atoms. The first-order chi connectivity index (χ1) is 12.1. The van der Waals surface area contributed by atoms with Gasteiger partial charge in [-0.3, -0.25) is 4.79 Å². The molecular formula is C20H19N3O2. The van der Waals surface area contributed by atoms with Crippen molar-refractivity contribution in [1.82, 2.24) is 9.47 Å². The zero-order chi connectivity index (χ0) is 17.4. The summed E-state index contributed by atoms with van der Waals surface area (Å²) >= 11 is 0. The van der Waals surface area contributed by atoms with Crippen molar-refractivity contribution in [3.63, 3.8) is 0 Å². The van der Waals surface area contributed by atoms with Crippen LogP contribution in [0.25, 0.3) is 10.9 Å². The monoisotopic (exact) mass is 333 g/mol. The van der Waals surface area contributed by atoms with Gasteiger partial charge in [-0.1, -0.05) is 18.2 Å². The number of hydrogen-bond donors (Lipinski definition) is 1. The number of Topliss-reactive ketones (excluding diaryl/α,β-unsaturated/α-hetero) is 1. The van der Waals surface area contributed by atoms with Crippen molar-refractivity contribution in [3.05, 3.63) is 65.9 Å². The third kappa shape index (κ3) is 2.89. The largest absolute Gasteiger partial charge is 0.341 e. The number of carbonyl (C=O) groups is 2. The molecule has 0 fully saturated rings. The summed E-state index contributed by atoms with van der Waals surface area (Å²) < 4.78 is 2.28. The Morgan fingerprint density at radius 3 is 2.52 bits per heavy atom. The van der Waals surface area contributed by atoms with Crippen LogP contribution in [0, 0.1) is 0 Å². The summed E-state index contributed by atoms with van der Waals surface area (Å²) in [5, 5.41) is 4.12. The van der Waals surface area contributed by atoms with Gasteiger partial charge >= 0.3 is 6.03 Å². The van der Waals surface area contributed by atoms with Crippen LogP contribution in [0.15, 0.2) is 54.6 Å². The van der Waals surface area contributed by atoms with Gasteiger partial charge in [-0.2, -0.15) is 0 Å². The number of para-hydroxylation sites is 1. The lowest BCUT2D eigenvalue weighted by Gasteiger charge is -2.29. The zero-order valence-corrected chi connectivity index (χ0v) is 14.0. The lowest BCUT2D eigenvalue weighted by Crippen LogP contribution is -2.40. The van der Waals surface area contributed by atoms with E-state index in [4.69, 9.17) is 0 Å². The smallest absolute Gasteiger partial charge is 0.322 e. The summed E-state index contributed by atoms with van der Waals surface area (Å²) in [5.74, 6) is 0.0155. The Kier molecular flexibility index (Phi) is 3.76. The highest BCUT2D eigenvalue weighted by molar-refractivity contribution is 5.95. The molecule has 5 heteroatoms. The number of anilines is 1. The van der Waals surface area contributed by atoms with Crippen LogP contribution in [0.3, 0.4) is 0 Å². The predicted octanol–water partition coefficient (Wildman–Crippen LogP) is 3.89. The van der Waals surface area contributed by atoms with Crippen LogP contribution in [0.2, 0.25) is 0 Å². The number of amides is 2. The lowest BCUT2D eigenvalue weighted by molar-refractivity contribution is 0.101. The molecule has 1 aliphatic rings. The number of rotatable bonds is 2. The van der Waals surface area contributed by atoms with E-state index in [-0.39, 0.29) is 11.8 Å². The number of nitrogens with zero attached hydrogens (tertiary/aromatic N) is 2. The van der Waals surface area contributed by atoms with Crippen molar-refractivity contribution in [2.24, 2.45) is 0 Å². The van der Waals surface area contributed by atoms with Gasteiger partial charge in [-0.15, -0.1) is 0 Å². The van der Waals surface area contributed by atoms with Crippen LogP contribution in [0.4, 0.5) is 10.5 Å². The van der Waals surface area contributed by atoms with Crippen molar-refractivity contribution in [3.8, 4) is 0 Å². The van der Waals surface area contributed by atoms with E-state index in [0.29, 0.717) is 24.3 Å². The van der Waals surface area contributed by atoms with E-state index in [1.807, 2.05) is 17.0 Å². The number of benzene rings is 2. The van der Waals surface area contributed by atoms with Crippen LogP contribution in [0.5, 0.6) is 0 Å². The van der Waals surface area contributed by atoms with Gasteiger partial charge in [0.25, 0.3) is 0 Å². The van der Waals surface area contributed by atoms with E-state index in [1.165, 1.54) is 17.8 Å². The number of aromatic nitrogens is 1. The van der Waals surface area contributed by atoms with Crippen molar-refractivity contribution in [2.45, 2.75) is 20.0 Å². The Morgan fingerprint density at radius 2 is 1.76 bits per heavy atom. The quantitative estimate of drug-likeness (QED) is 0.723. The lowest BCUT2D eigenvalue weighted by atomic mass is 10.1. The molecule has 0 radical (unpaired) electrons. The fraction of sp³-hybridized carbons (Fsp3) is 0.200. The maximum absolute atomic E-state index is 12.5. The number of carbonyl (C=O) groups excluding carboxylic acids is 2. The second-order valence-corrected chi connectivity index (χ2v) is 6.33. The third-order valence-electron chi connectivity index (χ3n) is 4.67. The Hall–Kier alpha value is -3.08. The minimum atomic E-state index is -0.118. The van der Waals surface area contributed by atoms with Gasteiger partial charge in [0.1, 0.15) is 0 Å². The van der Waals surface area contributed by atoms with Crippen molar-refractivity contribution >= 4 is 28.4 Å². The molecule has 126 valence electrons. The Balaban J connectivity index is 1.49. The Morgan fingerprint density at radius 1 is 1.00 bits per heavy atom. The molecule has 25 heavy (non-hydrogen) atoms. The van der Waals surface area contributed by atoms with E-state index >= 15 is 0 Å². The van der Waals surface area contributed by atoms with Crippen LogP contribution in [-0.2, 0) is 13.1 Å². The van der Waals surface area contributed by atoms with Crippen molar-refractivity contribution in [1.29, 1.82) is 0 Å². The topological polar surface area (TPSA) is 54.3 Å². The molecular weight excluding hydrogens is 314 g/mol. The maximum Gasteiger partial charge on any atom is 0.322 e. The summed E-state index contributed by atoms with van der Waals surface area (Å²) in [6, 6.07) is 17.3. The molecule has 1 aliphatic heterocycles. The summed E-state index contributed by atoms with van der Waals surface area (Å²) in [6.07, 6.45) is 0. The average molecular weight is 333 g/mol. The van der Waals surface area contributed by atoms with Gasteiger partial charge in [0.2, 0.25) is 0 Å². The molecule has 0 aliphatic carbocycles. The zero-order valence-electron chi connectivity index (χ0n) is 14.0. The normalized spacial score (nSPS) is 13.6. The summed E-state index contributed by atoms with van der Waals surface area (Å²) in [5.41, 5.74) is 3.70. The van der Waals surface area contributed by atoms with E-state index in [1.54, 1.807) is 24.3 Å². The number of urea groups is 1. The molecule has 3 aromatic rings. The molecule has 2 aromatic carbocycles. The van der Waals surface area contributed by atoms with Gasteiger partial charge in [0.05, 0.1) is 6.54 Å². The molecule has 0 atom stereocenters. The van der Waals surface area contributed by atoms with Gasteiger partial charge in [-0.05, 0) is 48.7 Å². The fourth-order valence-corrected chi connectivity index (χ4v) is 3.32. The number of fused-ring (bicyclic) bond motifs is 3. The maximum atomic E-state index is 12.5. The number of nitrogens with one attached hydrogen (secondary N) is 1. The van der Waals surface area contributed by atoms with Crippen LogP contribution in [0.1, 0.15) is 23.0 Å². The first-order valence-corrected chi connectivity index (χ1v) is 8.36. The standard InChI is InChI=1S/C20H19N3O2/c1-14(24)15-6-8-17(9-7-15)21-20(25)22-10-11-23-18(13-22)12-16-4-2-3-5-19(16)23/h2-9,12H,10-11,13H2,1H3,(H,21,25). The highest BCUT2D eigenvalue weighted by Crippen LogP contribution is 2.24. The highest BCUT2D eigenvalue weighted by atomic mass is 16.2. The average Bonchev–Trinajstić information content (AvgIpc) is 3.00. The molecule has 4 rings (SSSR count). The molecule has 0 saturated heterocycles. The number of hydrogen-bond acceptors (Lipinski definition) is 2. The second kappa shape index (κ2) is 6.09. The minimum Gasteiger partial charge on any atom is -0.341 e. The molecule has 2 heterocycles. The Labute approximate surface area is 145 Å². The molecule has 5 nitrogen and oxygen atoms in total. The summed E-state index contributed by atoms with van der Waals surface area (Å²) in [4.78, 5) is 25.7.